The van der Waals surface area contributed by atoms with Gasteiger partial charge in [-0.2, -0.15) is 5.26 Å². The topological polar surface area (TPSA) is 60.1 Å². The molecule has 0 bridgehead atoms. The number of hydrogen-bond acceptors (Lipinski definition) is 4. The fourth-order valence-electron chi connectivity index (χ4n) is 3.18. The lowest BCUT2D eigenvalue weighted by Gasteiger charge is -2.44. The maximum Gasteiger partial charge on any atom is 0.140 e. The summed E-state index contributed by atoms with van der Waals surface area (Å²) in [5, 5.41) is 19.5. The molecule has 0 atom stereocenters. The average molecular weight is 257 g/mol. The van der Waals surface area contributed by atoms with Crippen LogP contribution in [0, 0.1) is 11.3 Å². The number of aromatic nitrogens is 1. The van der Waals surface area contributed by atoms with E-state index in [-0.39, 0.29) is 0 Å². The van der Waals surface area contributed by atoms with E-state index in [1.807, 2.05) is 12.1 Å². The van der Waals surface area contributed by atoms with Crippen LogP contribution in [0.3, 0.4) is 0 Å². The molecule has 4 heteroatoms. The van der Waals surface area contributed by atoms with E-state index in [4.69, 9.17) is 5.26 Å². The molecule has 0 amide bonds. The minimum Gasteiger partial charge on any atom is -0.385 e. The van der Waals surface area contributed by atoms with Gasteiger partial charge in [0.05, 0.1) is 5.60 Å². The van der Waals surface area contributed by atoms with Gasteiger partial charge in [-0.3, -0.25) is 0 Å². The summed E-state index contributed by atoms with van der Waals surface area (Å²) in [6, 6.07) is 6.19. The highest BCUT2D eigenvalue weighted by molar-refractivity contribution is 5.27. The fraction of sp³-hybridized carbons (Fsp3) is 0.600. The van der Waals surface area contributed by atoms with Crippen LogP contribution in [0.4, 0.5) is 0 Å². The van der Waals surface area contributed by atoms with E-state index < -0.39 is 5.60 Å². The molecule has 2 fully saturated rings. The largest absolute Gasteiger partial charge is 0.385 e. The Morgan fingerprint density at radius 1 is 1.32 bits per heavy atom. The molecule has 4 nitrogen and oxygen atoms in total. The molecule has 100 valence electrons. The molecule has 1 N–H and O–H groups in total. The number of hydrogen-bond donors (Lipinski definition) is 1. The number of nitrogens with zero attached hydrogens (tertiary/aromatic N) is 3. The van der Waals surface area contributed by atoms with Gasteiger partial charge in [0.15, 0.2) is 0 Å². The highest BCUT2D eigenvalue weighted by Gasteiger charge is 2.37. The van der Waals surface area contributed by atoms with E-state index in [1.54, 1.807) is 12.3 Å². The molecule has 3 rings (SSSR count). The van der Waals surface area contributed by atoms with Gasteiger partial charge in [-0.15, -0.1) is 0 Å². The summed E-state index contributed by atoms with van der Waals surface area (Å²) in [4.78, 5) is 6.59. The van der Waals surface area contributed by atoms with Crippen LogP contribution in [0.15, 0.2) is 18.3 Å². The summed E-state index contributed by atoms with van der Waals surface area (Å²) in [6.07, 6.45) is 6.67. The second-order valence-corrected chi connectivity index (χ2v) is 5.70. The Bertz CT molecular complexity index is 479. The van der Waals surface area contributed by atoms with Crippen molar-refractivity contribution in [1.29, 1.82) is 5.26 Å². The quantitative estimate of drug-likeness (QED) is 0.877. The van der Waals surface area contributed by atoms with Crippen molar-refractivity contribution in [3.8, 4) is 6.07 Å². The van der Waals surface area contributed by atoms with Crippen LogP contribution in [0.5, 0.6) is 0 Å². The molecule has 2 heterocycles. The second kappa shape index (κ2) is 4.92. The van der Waals surface area contributed by atoms with Gasteiger partial charge in [0.1, 0.15) is 11.8 Å². The molecule has 0 radical (unpaired) electrons. The summed E-state index contributed by atoms with van der Waals surface area (Å²) in [7, 11) is 0. The van der Waals surface area contributed by atoms with Crippen molar-refractivity contribution in [2.24, 2.45) is 0 Å². The molecule has 0 spiro atoms. The van der Waals surface area contributed by atoms with Crippen molar-refractivity contribution in [3.05, 3.63) is 29.6 Å². The summed E-state index contributed by atoms with van der Waals surface area (Å²) in [6.45, 7) is 2.45. The van der Waals surface area contributed by atoms with Gasteiger partial charge in [-0.25, -0.2) is 4.98 Å². The van der Waals surface area contributed by atoms with Gasteiger partial charge in [0.2, 0.25) is 0 Å². The number of aliphatic hydroxyl groups is 1. The molecule has 1 saturated carbocycles. The fourth-order valence-corrected chi connectivity index (χ4v) is 3.18. The molecule has 1 aromatic heterocycles. The Hall–Kier alpha value is -1.44. The van der Waals surface area contributed by atoms with Gasteiger partial charge in [-0.05, 0) is 51.3 Å². The van der Waals surface area contributed by atoms with Gasteiger partial charge in [-0.1, -0.05) is 6.07 Å². The Kier molecular flexibility index (Phi) is 3.26. The summed E-state index contributed by atoms with van der Waals surface area (Å²) >= 11 is 0. The van der Waals surface area contributed by atoms with Crippen LogP contribution in [0.25, 0.3) is 0 Å². The lowest BCUT2D eigenvalue weighted by molar-refractivity contribution is -0.0346. The number of pyridine rings is 1. The highest BCUT2D eigenvalue weighted by atomic mass is 16.3. The first-order valence-corrected chi connectivity index (χ1v) is 7.04. The minimum absolute atomic E-state index is 0.404. The molecular weight excluding hydrogens is 238 g/mol. The van der Waals surface area contributed by atoms with Crippen molar-refractivity contribution in [2.45, 2.75) is 43.7 Å². The Labute approximate surface area is 113 Å². The van der Waals surface area contributed by atoms with Crippen LogP contribution in [-0.2, 0) is 5.60 Å². The predicted octanol–water partition coefficient (Wildman–Crippen LogP) is 1.79. The molecule has 19 heavy (non-hydrogen) atoms. The Morgan fingerprint density at radius 3 is 2.53 bits per heavy atom. The highest BCUT2D eigenvalue weighted by Crippen LogP contribution is 2.39. The molecule has 2 aliphatic rings. The van der Waals surface area contributed by atoms with Crippen molar-refractivity contribution in [1.82, 2.24) is 9.88 Å². The van der Waals surface area contributed by atoms with E-state index in [2.05, 4.69) is 9.88 Å². The smallest absolute Gasteiger partial charge is 0.140 e. The summed E-state index contributed by atoms with van der Waals surface area (Å²) < 4.78 is 0. The van der Waals surface area contributed by atoms with Crippen LogP contribution in [-0.4, -0.2) is 34.1 Å². The zero-order valence-corrected chi connectivity index (χ0v) is 11.0. The van der Waals surface area contributed by atoms with Crippen LogP contribution in [0.2, 0.25) is 0 Å². The maximum absolute atomic E-state index is 10.8. The molecule has 1 aromatic rings. The van der Waals surface area contributed by atoms with E-state index in [1.165, 1.54) is 19.5 Å². The summed E-state index contributed by atoms with van der Waals surface area (Å²) in [5.41, 5.74) is 0.512. The standard InChI is InChI=1S/C15H19N3O/c16-10-13-3-2-12(11-17-13)15(19)6-4-14(5-7-15)18-8-1-9-18/h2-3,11,14,19H,1,4-9H2. The first-order valence-electron chi connectivity index (χ1n) is 7.04. The maximum atomic E-state index is 10.8. The SMILES string of the molecule is N#Cc1ccc(C2(O)CCC(N3CCC3)CC2)cn1. The average Bonchev–Trinajstić information content (AvgIpc) is 2.40. The molecule has 0 aromatic carbocycles. The van der Waals surface area contributed by atoms with Crippen LogP contribution < -0.4 is 0 Å². The second-order valence-electron chi connectivity index (χ2n) is 5.70. The molecule has 1 saturated heterocycles. The first-order chi connectivity index (χ1) is 9.21. The molecule has 1 aliphatic heterocycles. The molecular formula is C15H19N3O. The zero-order chi connectivity index (χ0) is 13.3. The lowest BCUT2D eigenvalue weighted by atomic mass is 9.77. The van der Waals surface area contributed by atoms with Gasteiger partial charge in [0, 0.05) is 17.8 Å². The lowest BCUT2D eigenvalue weighted by Crippen LogP contribution is -2.48. The number of rotatable bonds is 2. The Morgan fingerprint density at radius 2 is 2.05 bits per heavy atom. The third-order valence-electron chi connectivity index (χ3n) is 4.60. The number of nitriles is 1. The third-order valence-corrected chi connectivity index (χ3v) is 4.60. The third kappa shape index (κ3) is 2.36. The van der Waals surface area contributed by atoms with Crippen molar-refractivity contribution in [2.75, 3.05) is 13.1 Å². The minimum atomic E-state index is -0.748. The normalized spacial score (nSPS) is 31.5. The van der Waals surface area contributed by atoms with Crippen LogP contribution >= 0.6 is 0 Å². The zero-order valence-electron chi connectivity index (χ0n) is 11.0. The predicted molar refractivity (Wildman–Crippen MR) is 71.3 cm³/mol. The first kappa shape index (κ1) is 12.6. The summed E-state index contributed by atoms with van der Waals surface area (Å²) in [5.74, 6) is 0. The van der Waals surface area contributed by atoms with Crippen molar-refractivity contribution < 1.29 is 5.11 Å². The monoisotopic (exact) mass is 257 g/mol. The van der Waals surface area contributed by atoms with Crippen LogP contribution in [0.1, 0.15) is 43.4 Å². The van der Waals surface area contributed by atoms with E-state index in [9.17, 15) is 5.11 Å². The molecule has 1 aliphatic carbocycles. The van der Waals surface area contributed by atoms with E-state index in [0.29, 0.717) is 11.7 Å². The van der Waals surface area contributed by atoms with Crippen molar-refractivity contribution in [3.63, 3.8) is 0 Å². The Balaban J connectivity index is 1.68. The number of likely N-dealkylation sites (tertiary alicyclic amines) is 1. The molecule has 0 unspecified atom stereocenters. The van der Waals surface area contributed by atoms with Gasteiger partial charge in [0.25, 0.3) is 0 Å². The van der Waals surface area contributed by atoms with E-state index in [0.717, 1.165) is 31.2 Å². The van der Waals surface area contributed by atoms with E-state index >= 15 is 0 Å². The van der Waals surface area contributed by atoms with Gasteiger partial charge < -0.3 is 10.0 Å². The van der Waals surface area contributed by atoms with Crippen molar-refractivity contribution >= 4 is 0 Å². The van der Waals surface area contributed by atoms with Gasteiger partial charge >= 0.3 is 0 Å².